The predicted molar refractivity (Wildman–Crippen MR) is 89.1 cm³/mol. The van der Waals surface area contributed by atoms with Crippen LogP contribution >= 0.6 is 39.7 Å². The molecule has 0 bridgehead atoms. The van der Waals surface area contributed by atoms with Gasteiger partial charge in [-0.25, -0.2) is 8.42 Å². The van der Waals surface area contributed by atoms with Crippen LogP contribution in [0.1, 0.15) is 25.1 Å². The highest BCUT2D eigenvalue weighted by molar-refractivity contribution is 9.10. The molecule has 2 N–H and O–H groups in total. The molecule has 0 aromatic carbocycles. The SMILES string of the molecule is Cc1cc(Br)c(S(=O)(=O)N2CCC(N)C(C)(C)C2)s1.Cl. The summed E-state index contributed by atoms with van der Waals surface area (Å²) in [4.78, 5) is 0.985. The molecule has 0 aliphatic carbocycles. The van der Waals surface area contributed by atoms with Gasteiger partial charge in [-0.15, -0.1) is 23.7 Å². The number of rotatable bonds is 2. The molecule has 2 heterocycles. The fraction of sp³-hybridized carbons (Fsp3) is 0.667. The number of nitrogens with zero attached hydrogens (tertiary/aromatic N) is 1. The lowest BCUT2D eigenvalue weighted by molar-refractivity contribution is 0.155. The smallest absolute Gasteiger partial charge is 0.253 e. The molecular weight excluding hydrogens is 384 g/mol. The molecule has 1 aliphatic heterocycles. The van der Waals surface area contributed by atoms with Crippen LogP contribution in [0.4, 0.5) is 0 Å². The summed E-state index contributed by atoms with van der Waals surface area (Å²) in [6, 6.07) is 1.89. The Morgan fingerprint density at radius 2 is 2.10 bits per heavy atom. The Hall–Kier alpha value is 0.340. The van der Waals surface area contributed by atoms with Crippen LogP contribution in [0.3, 0.4) is 0 Å². The van der Waals surface area contributed by atoms with E-state index in [-0.39, 0.29) is 23.9 Å². The van der Waals surface area contributed by atoms with E-state index in [4.69, 9.17) is 5.73 Å². The van der Waals surface area contributed by atoms with Crippen LogP contribution in [0.5, 0.6) is 0 Å². The number of thiophene rings is 1. The van der Waals surface area contributed by atoms with Crippen molar-refractivity contribution in [2.75, 3.05) is 13.1 Å². The Morgan fingerprint density at radius 1 is 1.50 bits per heavy atom. The quantitative estimate of drug-likeness (QED) is 0.825. The summed E-state index contributed by atoms with van der Waals surface area (Å²) in [7, 11) is -3.42. The highest BCUT2D eigenvalue weighted by Gasteiger charge is 2.39. The number of hydrogen-bond acceptors (Lipinski definition) is 4. The molecule has 1 aromatic rings. The zero-order chi connectivity index (χ0) is 14.4. The van der Waals surface area contributed by atoms with Gasteiger partial charge in [0.25, 0.3) is 10.0 Å². The van der Waals surface area contributed by atoms with Gasteiger partial charge >= 0.3 is 0 Å². The van der Waals surface area contributed by atoms with Gasteiger partial charge in [0.05, 0.1) is 0 Å². The van der Waals surface area contributed by atoms with E-state index in [1.54, 1.807) is 4.31 Å². The van der Waals surface area contributed by atoms with Crippen molar-refractivity contribution >= 4 is 49.7 Å². The van der Waals surface area contributed by atoms with Gasteiger partial charge in [-0.05, 0) is 40.8 Å². The predicted octanol–water partition coefficient (Wildman–Crippen LogP) is 2.99. The summed E-state index contributed by atoms with van der Waals surface area (Å²) in [6.45, 7) is 6.92. The summed E-state index contributed by atoms with van der Waals surface area (Å²) < 4.78 is 28.0. The maximum atomic E-state index is 12.7. The molecule has 1 fully saturated rings. The van der Waals surface area contributed by atoms with E-state index in [0.29, 0.717) is 28.2 Å². The third-order valence-electron chi connectivity index (χ3n) is 3.63. The second-order valence-corrected chi connectivity index (χ2v) is 9.96. The molecule has 1 atom stereocenters. The van der Waals surface area contributed by atoms with Crippen LogP contribution in [0.15, 0.2) is 14.7 Å². The molecule has 0 amide bonds. The molecule has 0 spiro atoms. The van der Waals surface area contributed by atoms with Crippen molar-refractivity contribution in [3.05, 3.63) is 15.4 Å². The first-order valence-electron chi connectivity index (χ1n) is 6.16. The van der Waals surface area contributed by atoms with Gasteiger partial charge in [-0.3, -0.25) is 0 Å². The number of sulfonamides is 1. The van der Waals surface area contributed by atoms with Gasteiger partial charge < -0.3 is 5.73 Å². The molecule has 1 aliphatic rings. The fourth-order valence-corrected chi connectivity index (χ4v) is 6.78. The minimum atomic E-state index is -3.42. The zero-order valence-corrected chi connectivity index (χ0v) is 15.8. The summed E-state index contributed by atoms with van der Waals surface area (Å²) in [6.07, 6.45) is 0.703. The molecule has 2 rings (SSSR count). The summed E-state index contributed by atoms with van der Waals surface area (Å²) in [5.74, 6) is 0. The van der Waals surface area contributed by atoms with Gasteiger partial charge in [-0.1, -0.05) is 13.8 Å². The highest BCUT2D eigenvalue weighted by Crippen LogP contribution is 2.37. The third-order valence-corrected chi connectivity index (χ3v) is 8.19. The van der Waals surface area contributed by atoms with Crippen LogP contribution in [0.2, 0.25) is 0 Å². The van der Waals surface area contributed by atoms with Gasteiger partial charge in [-0.2, -0.15) is 4.31 Å². The molecular formula is C12H20BrClN2O2S2. The van der Waals surface area contributed by atoms with Crippen molar-refractivity contribution in [1.29, 1.82) is 0 Å². The molecule has 0 saturated carbocycles. The molecule has 4 nitrogen and oxygen atoms in total. The lowest BCUT2D eigenvalue weighted by atomic mass is 9.81. The number of piperidine rings is 1. The first-order chi connectivity index (χ1) is 8.64. The number of aryl methyl sites for hydroxylation is 1. The van der Waals surface area contributed by atoms with Crippen molar-refractivity contribution in [3.8, 4) is 0 Å². The van der Waals surface area contributed by atoms with Gasteiger partial charge in [0, 0.05) is 28.5 Å². The molecule has 0 radical (unpaired) electrons. The second kappa shape index (κ2) is 6.22. The number of hydrogen-bond donors (Lipinski definition) is 1. The van der Waals surface area contributed by atoms with E-state index < -0.39 is 10.0 Å². The van der Waals surface area contributed by atoms with E-state index in [0.717, 1.165) is 4.88 Å². The maximum Gasteiger partial charge on any atom is 0.253 e. The molecule has 1 unspecified atom stereocenters. The Balaban J connectivity index is 0.00000200. The topological polar surface area (TPSA) is 63.4 Å². The standard InChI is InChI=1S/C12H19BrN2O2S2.ClH/c1-8-6-9(13)11(18-8)19(16,17)15-5-4-10(14)12(2,3)7-15;/h6,10H,4-5,7,14H2,1-3H3;1H. The highest BCUT2D eigenvalue weighted by atomic mass is 79.9. The van der Waals surface area contributed by atoms with E-state index in [2.05, 4.69) is 15.9 Å². The lowest BCUT2D eigenvalue weighted by Crippen LogP contribution is -2.53. The third kappa shape index (κ3) is 3.39. The molecule has 8 heteroatoms. The van der Waals surface area contributed by atoms with Crippen molar-refractivity contribution in [2.45, 2.75) is 37.4 Å². The van der Waals surface area contributed by atoms with Crippen molar-refractivity contribution in [2.24, 2.45) is 11.1 Å². The largest absolute Gasteiger partial charge is 0.327 e. The van der Waals surface area contributed by atoms with E-state index in [1.165, 1.54) is 11.3 Å². The molecule has 20 heavy (non-hydrogen) atoms. The van der Waals surface area contributed by atoms with Crippen LogP contribution in [-0.4, -0.2) is 31.9 Å². The summed E-state index contributed by atoms with van der Waals surface area (Å²) >= 11 is 4.65. The monoisotopic (exact) mass is 402 g/mol. The Kier molecular flexibility index (Phi) is 5.72. The molecule has 1 aromatic heterocycles. The van der Waals surface area contributed by atoms with Gasteiger partial charge in [0.15, 0.2) is 0 Å². The maximum absolute atomic E-state index is 12.7. The first kappa shape index (κ1) is 18.4. The van der Waals surface area contributed by atoms with Gasteiger partial charge in [0.1, 0.15) is 4.21 Å². The second-order valence-electron chi connectivity index (χ2n) is 5.71. The Morgan fingerprint density at radius 3 is 2.55 bits per heavy atom. The average molecular weight is 404 g/mol. The van der Waals surface area contributed by atoms with E-state index in [1.807, 2.05) is 26.8 Å². The normalized spacial score (nSPS) is 23.4. The number of nitrogens with two attached hydrogens (primary N) is 1. The lowest BCUT2D eigenvalue weighted by Gasteiger charge is -2.41. The summed E-state index contributed by atoms with van der Waals surface area (Å²) in [5.41, 5.74) is 5.87. The van der Waals surface area contributed by atoms with Crippen LogP contribution in [0, 0.1) is 12.3 Å². The minimum absolute atomic E-state index is 0. The molecule has 116 valence electrons. The zero-order valence-electron chi connectivity index (χ0n) is 11.7. The Bertz CT molecular complexity index is 586. The molecule has 1 saturated heterocycles. The minimum Gasteiger partial charge on any atom is -0.327 e. The van der Waals surface area contributed by atoms with Crippen LogP contribution in [-0.2, 0) is 10.0 Å². The van der Waals surface area contributed by atoms with E-state index >= 15 is 0 Å². The van der Waals surface area contributed by atoms with E-state index in [9.17, 15) is 8.42 Å². The number of halogens is 2. The van der Waals surface area contributed by atoms with Crippen molar-refractivity contribution in [1.82, 2.24) is 4.31 Å². The summed E-state index contributed by atoms with van der Waals surface area (Å²) in [5, 5.41) is 0. The Labute approximate surface area is 139 Å². The van der Waals surface area contributed by atoms with Crippen molar-refractivity contribution in [3.63, 3.8) is 0 Å². The first-order valence-corrected chi connectivity index (χ1v) is 9.21. The fourth-order valence-electron chi connectivity index (χ4n) is 2.28. The van der Waals surface area contributed by atoms with Crippen molar-refractivity contribution < 1.29 is 8.42 Å². The van der Waals surface area contributed by atoms with Gasteiger partial charge in [0.2, 0.25) is 0 Å². The average Bonchev–Trinajstić information content (AvgIpc) is 2.62. The van der Waals surface area contributed by atoms with Crippen LogP contribution < -0.4 is 5.73 Å². The van der Waals surface area contributed by atoms with Crippen LogP contribution in [0.25, 0.3) is 0 Å².